The maximum Gasteiger partial charge on any atom is 0.233 e. The van der Waals surface area contributed by atoms with Crippen molar-refractivity contribution in [1.82, 2.24) is 9.80 Å². The molecule has 6 nitrogen and oxygen atoms in total. The molecule has 1 aromatic rings. The molecule has 2 fully saturated rings. The van der Waals surface area contributed by atoms with Crippen LogP contribution < -0.4 is 4.90 Å². The van der Waals surface area contributed by atoms with Gasteiger partial charge in [0, 0.05) is 50.5 Å². The molecule has 2 aliphatic rings. The highest BCUT2D eigenvalue weighted by atomic mass is 32.2. The second-order valence-electron chi connectivity index (χ2n) is 7.69. The zero-order chi connectivity index (χ0) is 21.0. The molecule has 0 aromatic heterocycles. The number of nitrogens with zero attached hydrogens (tertiary/aromatic N) is 3. The van der Waals surface area contributed by atoms with Gasteiger partial charge in [0.25, 0.3) is 0 Å². The van der Waals surface area contributed by atoms with Crippen LogP contribution in [-0.4, -0.2) is 83.0 Å². The molecule has 3 rings (SSSR count). The summed E-state index contributed by atoms with van der Waals surface area (Å²) in [5, 5.41) is 0. The number of hydrogen-bond acceptors (Lipinski definition) is 6. The molecule has 29 heavy (non-hydrogen) atoms. The van der Waals surface area contributed by atoms with Crippen molar-refractivity contribution < 1.29 is 14.3 Å². The van der Waals surface area contributed by atoms with Gasteiger partial charge in [-0.05, 0) is 45.0 Å². The van der Waals surface area contributed by atoms with Gasteiger partial charge in [-0.1, -0.05) is 24.0 Å². The van der Waals surface area contributed by atoms with Crippen LogP contribution in [0.4, 0.5) is 5.69 Å². The Morgan fingerprint density at radius 1 is 1.03 bits per heavy atom. The summed E-state index contributed by atoms with van der Waals surface area (Å²) in [5.41, 5.74) is 1.81. The maximum atomic E-state index is 12.6. The molecular formula is C21H29N3O3S2. The molecule has 0 aliphatic carbocycles. The van der Waals surface area contributed by atoms with E-state index >= 15 is 0 Å². The highest BCUT2D eigenvalue weighted by Crippen LogP contribution is 2.20. The molecule has 1 aromatic carbocycles. The number of thioether (sulfide) groups is 1. The molecule has 1 amide bonds. The fourth-order valence-electron chi connectivity index (χ4n) is 3.75. The maximum absolute atomic E-state index is 12.6. The zero-order valence-corrected chi connectivity index (χ0v) is 18.9. The van der Waals surface area contributed by atoms with Crippen molar-refractivity contribution in [2.24, 2.45) is 0 Å². The Kier molecular flexibility index (Phi) is 7.54. The molecule has 0 bridgehead atoms. The Balaban J connectivity index is 1.44. The van der Waals surface area contributed by atoms with Gasteiger partial charge in [-0.25, -0.2) is 0 Å². The third kappa shape index (κ3) is 5.93. The summed E-state index contributed by atoms with van der Waals surface area (Å²) in [6, 6.07) is 7.68. The lowest BCUT2D eigenvalue weighted by Crippen LogP contribution is -2.50. The van der Waals surface area contributed by atoms with Crippen LogP contribution in [0.3, 0.4) is 0 Å². The molecule has 2 saturated heterocycles. The van der Waals surface area contributed by atoms with E-state index in [1.165, 1.54) is 11.8 Å². The highest BCUT2D eigenvalue weighted by Gasteiger charge is 2.26. The number of amides is 1. The molecule has 0 radical (unpaired) electrons. The van der Waals surface area contributed by atoms with Crippen molar-refractivity contribution in [2.75, 3.05) is 49.9 Å². The quantitative estimate of drug-likeness (QED) is 0.532. The standard InChI is InChI=1S/C21H29N3O3S2/c1-15-12-24(13-16(2)27-15)21(28)29-14-20(26)23-10-8-22(9-11-23)19-6-4-18(5-7-19)17(3)25/h4-7,15-16H,8-14H2,1-3H3/t15-,16+. The Bertz CT molecular complexity index is 738. The van der Waals surface area contributed by atoms with Gasteiger partial charge >= 0.3 is 0 Å². The predicted molar refractivity (Wildman–Crippen MR) is 122 cm³/mol. The van der Waals surface area contributed by atoms with Crippen LogP contribution in [0.25, 0.3) is 0 Å². The van der Waals surface area contributed by atoms with E-state index in [-0.39, 0.29) is 23.9 Å². The summed E-state index contributed by atoms with van der Waals surface area (Å²) in [6.45, 7) is 10.2. The summed E-state index contributed by atoms with van der Waals surface area (Å²) >= 11 is 7.00. The average molecular weight is 436 g/mol. The summed E-state index contributed by atoms with van der Waals surface area (Å²) < 4.78 is 6.53. The Morgan fingerprint density at radius 3 is 2.17 bits per heavy atom. The fraction of sp³-hybridized carbons (Fsp3) is 0.571. The molecule has 2 aliphatic heterocycles. The van der Waals surface area contributed by atoms with Gasteiger partial charge in [-0.15, -0.1) is 0 Å². The van der Waals surface area contributed by atoms with Crippen molar-refractivity contribution in [1.29, 1.82) is 0 Å². The van der Waals surface area contributed by atoms with E-state index < -0.39 is 0 Å². The third-order valence-electron chi connectivity index (χ3n) is 5.27. The topological polar surface area (TPSA) is 53.1 Å². The molecule has 0 saturated carbocycles. The van der Waals surface area contributed by atoms with Gasteiger partial charge in [-0.3, -0.25) is 9.59 Å². The predicted octanol–water partition coefficient (Wildman–Crippen LogP) is 2.67. The first-order valence-corrected chi connectivity index (χ1v) is 11.4. The molecule has 158 valence electrons. The van der Waals surface area contributed by atoms with Crippen molar-refractivity contribution in [2.45, 2.75) is 33.0 Å². The van der Waals surface area contributed by atoms with Gasteiger partial charge < -0.3 is 19.4 Å². The third-order valence-corrected chi connectivity index (χ3v) is 6.78. The number of ether oxygens (including phenoxy) is 1. The number of carbonyl (C=O) groups is 2. The minimum Gasteiger partial charge on any atom is -0.372 e. The van der Waals surface area contributed by atoms with Gasteiger partial charge in [0.15, 0.2) is 5.78 Å². The number of hydrogen-bond donors (Lipinski definition) is 0. The SMILES string of the molecule is CC(=O)c1ccc(N2CCN(C(=O)CSC(=S)N3C[C@@H](C)O[C@@H](C)C3)CC2)cc1. The van der Waals surface area contributed by atoms with Crippen LogP contribution in [0.5, 0.6) is 0 Å². The zero-order valence-electron chi connectivity index (χ0n) is 17.3. The monoisotopic (exact) mass is 435 g/mol. The Morgan fingerprint density at radius 2 is 1.62 bits per heavy atom. The first-order chi connectivity index (χ1) is 13.8. The molecule has 0 unspecified atom stereocenters. The summed E-state index contributed by atoms with van der Waals surface area (Å²) in [7, 11) is 0. The lowest BCUT2D eigenvalue weighted by atomic mass is 10.1. The van der Waals surface area contributed by atoms with Gasteiger partial charge in [-0.2, -0.15) is 0 Å². The number of Topliss-reactive ketones (excluding diaryl/α,β-unsaturated/α-hetero) is 1. The first kappa shape index (κ1) is 22.1. The van der Waals surface area contributed by atoms with Crippen LogP contribution >= 0.6 is 24.0 Å². The number of rotatable bonds is 4. The van der Waals surface area contributed by atoms with Crippen molar-refractivity contribution in [3.63, 3.8) is 0 Å². The van der Waals surface area contributed by atoms with Gasteiger partial charge in [0.1, 0.15) is 4.32 Å². The fourth-order valence-corrected chi connectivity index (χ4v) is 4.84. The van der Waals surface area contributed by atoms with E-state index in [0.717, 1.165) is 41.8 Å². The molecular weight excluding hydrogens is 406 g/mol. The van der Waals surface area contributed by atoms with Crippen LogP contribution in [0.2, 0.25) is 0 Å². The van der Waals surface area contributed by atoms with Crippen LogP contribution in [0.1, 0.15) is 31.1 Å². The smallest absolute Gasteiger partial charge is 0.233 e. The largest absolute Gasteiger partial charge is 0.372 e. The number of carbonyl (C=O) groups excluding carboxylic acids is 2. The number of morpholine rings is 1. The lowest BCUT2D eigenvalue weighted by molar-refractivity contribution is -0.128. The number of piperazine rings is 1. The Labute approximate surface area is 182 Å². The summed E-state index contributed by atoms with van der Waals surface area (Å²) in [4.78, 5) is 30.4. The number of thiocarbonyl (C=S) groups is 1. The highest BCUT2D eigenvalue weighted by molar-refractivity contribution is 8.23. The minimum atomic E-state index is 0.0726. The van der Waals surface area contributed by atoms with E-state index in [4.69, 9.17) is 17.0 Å². The van der Waals surface area contributed by atoms with E-state index in [0.29, 0.717) is 18.8 Å². The van der Waals surface area contributed by atoms with Crippen molar-refractivity contribution in [3.8, 4) is 0 Å². The van der Waals surface area contributed by atoms with Gasteiger partial charge in [0.05, 0.1) is 18.0 Å². The number of anilines is 1. The van der Waals surface area contributed by atoms with Crippen LogP contribution in [-0.2, 0) is 9.53 Å². The second kappa shape index (κ2) is 9.91. The normalized spacial score (nSPS) is 22.5. The van der Waals surface area contributed by atoms with Crippen LogP contribution in [0.15, 0.2) is 24.3 Å². The van der Waals surface area contributed by atoms with E-state index in [1.807, 2.05) is 43.0 Å². The molecule has 0 N–H and O–H groups in total. The molecule has 8 heteroatoms. The second-order valence-corrected chi connectivity index (χ2v) is 9.30. The lowest BCUT2D eigenvalue weighted by Gasteiger charge is -2.37. The number of ketones is 1. The summed E-state index contributed by atoms with van der Waals surface area (Å²) in [5.74, 6) is 0.591. The summed E-state index contributed by atoms with van der Waals surface area (Å²) in [6.07, 6.45) is 0.316. The van der Waals surface area contributed by atoms with Crippen molar-refractivity contribution >= 4 is 45.7 Å². The van der Waals surface area contributed by atoms with E-state index in [9.17, 15) is 9.59 Å². The minimum absolute atomic E-state index is 0.0726. The van der Waals surface area contributed by atoms with Crippen LogP contribution in [0, 0.1) is 0 Å². The van der Waals surface area contributed by atoms with Gasteiger partial charge in [0.2, 0.25) is 5.91 Å². The van der Waals surface area contributed by atoms with E-state index in [2.05, 4.69) is 9.80 Å². The average Bonchev–Trinajstić information content (AvgIpc) is 2.71. The molecule has 0 spiro atoms. The number of benzene rings is 1. The van der Waals surface area contributed by atoms with Crippen molar-refractivity contribution in [3.05, 3.63) is 29.8 Å². The Hall–Kier alpha value is -1.64. The molecule has 2 atom stereocenters. The molecule has 2 heterocycles. The van der Waals surface area contributed by atoms with E-state index in [1.54, 1.807) is 6.92 Å². The first-order valence-electron chi connectivity index (χ1n) is 10.0.